The summed E-state index contributed by atoms with van der Waals surface area (Å²) < 4.78 is 13.4. The van der Waals surface area contributed by atoms with Crippen LogP contribution in [0, 0.1) is 11.7 Å². The molecule has 4 N–H and O–H groups in total. The number of rotatable bonds is 3. The molecule has 2 aliphatic rings. The molecule has 21 heavy (non-hydrogen) atoms. The van der Waals surface area contributed by atoms with Crippen molar-refractivity contribution in [3.05, 3.63) is 29.6 Å². The van der Waals surface area contributed by atoms with Crippen molar-refractivity contribution in [1.29, 1.82) is 0 Å². The Hall–Kier alpha value is -1.95. The highest BCUT2D eigenvalue weighted by Gasteiger charge is 2.34. The maximum atomic E-state index is 13.4. The molecule has 112 valence electrons. The van der Waals surface area contributed by atoms with Gasteiger partial charge >= 0.3 is 0 Å². The number of carbonyl (C=O) groups is 2. The fraction of sp³-hybridized carbons (Fsp3) is 0.467. The quantitative estimate of drug-likeness (QED) is 0.788. The van der Waals surface area contributed by atoms with Crippen LogP contribution < -0.4 is 16.4 Å². The second-order valence-corrected chi connectivity index (χ2v) is 5.77. The minimum absolute atomic E-state index is 0.0646. The topological polar surface area (TPSA) is 84.2 Å². The van der Waals surface area contributed by atoms with Crippen molar-refractivity contribution >= 4 is 17.5 Å². The van der Waals surface area contributed by atoms with Crippen LogP contribution in [0.3, 0.4) is 0 Å². The number of benzene rings is 1. The Balaban J connectivity index is 1.68. The molecule has 1 atom stereocenters. The molecule has 1 aromatic carbocycles. The molecule has 0 bridgehead atoms. The molecule has 1 aromatic rings. The minimum atomic E-state index is -0.522. The second-order valence-electron chi connectivity index (χ2n) is 5.77. The third kappa shape index (κ3) is 2.76. The Morgan fingerprint density at radius 1 is 1.29 bits per heavy atom. The minimum Gasteiger partial charge on any atom is -0.369 e. The van der Waals surface area contributed by atoms with Crippen LogP contribution in [0.2, 0.25) is 0 Å². The number of fused-ring (bicyclic) bond motifs is 1. The van der Waals surface area contributed by atoms with Crippen molar-refractivity contribution in [3.63, 3.8) is 0 Å². The number of carbonyl (C=O) groups excluding carboxylic acids is 2. The molecule has 1 saturated carbocycles. The first-order valence-corrected chi connectivity index (χ1v) is 7.20. The lowest BCUT2D eigenvalue weighted by molar-refractivity contribution is -0.123. The van der Waals surface area contributed by atoms with E-state index >= 15 is 0 Å². The van der Waals surface area contributed by atoms with Crippen LogP contribution in [0.4, 0.5) is 10.1 Å². The van der Waals surface area contributed by atoms with E-state index in [1.165, 1.54) is 12.1 Å². The van der Waals surface area contributed by atoms with Gasteiger partial charge in [0.2, 0.25) is 11.8 Å². The van der Waals surface area contributed by atoms with E-state index in [0.29, 0.717) is 11.3 Å². The van der Waals surface area contributed by atoms with Gasteiger partial charge in [-0.15, -0.1) is 0 Å². The maximum absolute atomic E-state index is 13.4. The number of nitrogens with two attached hydrogens (primary N) is 1. The van der Waals surface area contributed by atoms with Crippen LogP contribution >= 0.6 is 0 Å². The van der Waals surface area contributed by atoms with Crippen LogP contribution in [0.15, 0.2) is 18.2 Å². The second kappa shape index (κ2) is 5.44. The molecule has 1 unspecified atom stereocenters. The van der Waals surface area contributed by atoms with Gasteiger partial charge in [0, 0.05) is 23.2 Å². The average molecular weight is 291 g/mol. The molecule has 1 aliphatic heterocycles. The Labute approximate surface area is 122 Å². The van der Waals surface area contributed by atoms with E-state index in [1.54, 1.807) is 6.07 Å². The number of amides is 2. The fourth-order valence-corrected chi connectivity index (χ4v) is 3.18. The number of primary amides is 1. The van der Waals surface area contributed by atoms with Crippen molar-refractivity contribution in [3.8, 4) is 0 Å². The largest absolute Gasteiger partial charge is 0.369 e. The maximum Gasteiger partial charge on any atom is 0.246 e. The van der Waals surface area contributed by atoms with Crippen LogP contribution in [0.5, 0.6) is 0 Å². The van der Waals surface area contributed by atoms with E-state index < -0.39 is 6.04 Å². The van der Waals surface area contributed by atoms with Gasteiger partial charge in [-0.2, -0.15) is 0 Å². The number of halogens is 1. The standard InChI is InChI=1S/C15H18FN3O2/c16-9-3-6-12-11(7-9)13(15(21)19-12)18-10-4-1-8(2-5-10)14(17)20/h3,6-8,10,13,18H,1-2,4-5H2,(H2,17,20)(H,19,21). The van der Waals surface area contributed by atoms with Gasteiger partial charge < -0.3 is 11.1 Å². The third-order valence-electron chi connectivity index (χ3n) is 4.38. The van der Waals surface area contributed by atoms with E-state index in [9.17, 15) is 14.0 Å². The van der Waals surface area contributed by atoms with Crippen molar-refractivity contribution in [2.24, 2.45) is 11.7 Å². The Morgan fingerprint density at radius 2 is 2.00 bits per heavy atom. The van der Waals surface area contributed by atoms with Gasteiger partial charge in [-0.3, -0.25) is 14.9 Å². The number of anilines is 1. The Kier molecular flexibility index (Phi) is 3.63. The van der Waals surface area contributed by atoms with E-state index in [4.69, 9.17) is 5.73 Å². The summed E-state index contributed by atoms with van der Waals surface area (Å²) in [6.07, 6.45) is 3.05. The molecule has 1 fully saturated rings. The summed E-state index contributed by atoms with van der Waals surface area (Å²) in [5.41, 5.74) is 6.62. The number of nitrogens with one attached hydrogen (secondary N) is 2. The van der Waals surface area contributed by atoms with Crippen LogP contribution in [0.1, 0.15) is 37.3 Å². The monoisotopic (exact) mass is 291 g/mol. The van der Waals surface area contributed by atoms with E-state index in [2.05, 4.69) is 10.6 Å². The molecule has 0 aromatic heterocycles. The van der Waals surface area contributed by atoms with Crippen molar-refractivity contribution in [2.45, 2.75) is 37.8 Å². The van der Waals surface area contributed by atoms with Crippen LogP contribution in [-0.2, 0) is 9.59 Å². The van der Waals surface area contributed by atoms with Gasteiger partial charge in [-0.25, -0.2) is 4.39 Å². The summed E-state index contributed by atoms with van der Waals surface area (Å²) in [7, 11) is 0. The van der Waals surface area contributed by atoms with E-state index in [0.717, 1.165) is 25.7 Å². The predicted molar refractivity (Wildman–Crippen MR) is 75.8 cm³/mol. The van der Waals surface area contributed by atoms with Gasteiger partial charge in [0.15, 0.2) is 0 Å². The van der Waals surface area contributed by atoms with Gasteiger partial charge in [-0.1, -0.05) is 0 Å². The molecule has 3 rings (SSSR count). The van der Waals surface area contributed by atoms with Gasteiger partial charge in [0.05, 0.1) is 0 Å². The first-order valence-electron chi connectivity index (χ1n) is 7.20. The molecule has 0 saturated heterocycles. The first kappa shape index (κ1) is 14.0. The summed E-state index contributed by atoms with van der Waals surface area (Å²) in [5.74, 6) is -0.827. The summed E-state index contributed by atoms with van der Waals surface area (Å²) in [6, 6.07) is 3.92. The molecule has 6 heteroatoms. The lowest BCUT2D eigenvalue weighted by atomic mass is 9.85. The summed E-state index contributed by atoms with van der Waals surface area (Å²) in [4.78, 5) is 23.2. The predicted octanol–water partition coefficient (Wildman–Crippen LogP) is 1.45. The lowest BCUT2D eigenvalue weighted by Crippen LogP contribution is -2.40. The van der Waals surface area contributed by atoms with Gasteiger partial charge in [-0.05, 0) is 43.9 Å². The van der Waals surface area contributed by atoms with Gasteiger partial charge in [0.1, 0.15) is 11.9 Å². The fourth-order valence-electron chi connectivity index (χ4n) is 3.18. The normalized spacial score (nSPS) is 28.0. The summed E-state index contributed by atoms with van der Waals surface area (Å²) in [6.45, 7) is 0. The molecule has 0 spiro atoms. The SMILES string of the molecule is NC(=O)C1CCC(NC2C(=O)Nc3ccc(F)cc32)CC1. The smallest absolute Gasteiger partial charge is 0.246 e. The first-order chi connectivity index (χ1) is 10.0. The molecule has 5 nitrogen and oxygen atoms in total. The van der Waals surface area contributed by atoms with Gasteiger partial charge in [0.25, 0.3) is 0 Å². The van der Waals surface area contributed by atoms with Crippen molar-refractivity contribution in [1.82, 2.24) is 5.32 Å². The highest BCUT2D eigenvalue weighted by atomic mass is 19.1. The van der Waals surface area contributed by atoms with Crippen LogP contribution in [0.25, 0.3) is 0 Å². The zero-order chi connectivity index (χ0) is 15.0. The van der Waals surface area contributed by atoms with Crippen molar-refractivity contribution < 1.29 is 14.0 Å². The zero-order valence-electron chi connectivity index (χ0n) is 11.6. The summed E-state index contributed by atoms with van der Waals surface area (Å²) >= 11 is 0. The zero-order valence-corrected chi connectivity index (χ0v) is 11.6. The number of hydrogen-bond acceptors (Lipinski definition) is 3. The van der Waals surface area contributed by atoms with Crippen molar-refractivity contribution in [2.75, 3.05) is 5.32 Å². The average Bonchev–Trinajstić information content (AvgIpc) is 2.76. The van der Waals surface area contributed by atoms with Crippen LogP contribution in [-0.4, -0.2) is 17.9 Å². The summed E-state index contributed by atoms with van der Waals surface area (Å²) in [5, 5.41) is 6.03. The lowest BCUT2D eigenvalue weighted by Gasteiger charge is -2.29. The molecule has 1 heterocycles. The van der Waals surface area contributed by atoms with E-state index in [1.807, 2.05) is 0 Å². The highest BCUT2D eigenvalue weighted by Crippen LogP contribution is 2.33. The molecular formula is C15H18FN3O2. The molecular weight excluding hydrogens is 273 g/mol. The molecule has 0 radical (unpaired) electrons. The number of hydrogen-bond donors (Lipinski definition) is 3. The Bertz CT molecular complexity index is 582. The third-order valence-corrected chi connectivity index (χ3v) is 4.38. The Morgan fingerprint density at radius 3 is 2.67 bits per heavy atom. The molecule has 1 aliphatic carbocycles. The molecule has 2 amide bonds. The highest BCUT2D eigenvalue weighted by molar-refractivity contribution is 6.02. The van der Waals surface area contributed by atoms with E-state index in [-0.39, 0.29) is 29.6 Å².